The van der Waals surface area contributed by atoms with Crippen molar-refractivity contribution in [3.8, 4) is 17.2 Å². The van der Waals surface area contributed by atoms with E-state index in [1.807, 2.05) is 19.1 Å². The highest BCUT2D eigenvalue weighted by Gasteiger charge is 2.24. The molecule has 2 aromatic rings. The summed E-state index contributed by atoms with van der Waals surface area (Å²) >= 11 is 0. The predicted octanol–water partition coefficient (Wildman–Crippen LogP) is 9.55. The van der Waals surface area contributed by atoms with Gasteiger partial charge in [-0.25, -0.2) is 9.18 Å². The smallest absolute Gasteiger partial charge is 0.343 e. The van der Waals surface area contributed by atoms with Crippen molar-refractivity contribution >= 4 is 5.97 Å². The second kappa shape index (κ2) is 17.1. The van der Waals surface area contributed by atoms with Crippen molar-refractivity contribution in [1.29, 1.82) is 0 Å². The van der Waals surface area contributed by atoms with Gasteiger partial charge in [0.15, 0.2) is 11.6 Å². The molecule has 2 unspecified atom stereocenters. The molecule has 2 aromatic carbocycles. The third-order valence-electron chi connectivity index (χ3n) is 7.69. The Labute approximate surface area is 229 Å². The maximum atomic E-state index is 14.3. The number of halogens is 1. The molecule has 3 rings (SSSR count). The second-order valence-electron chi connectivity index (χ2n) is 10.7. The first kappa shape index (κ1) is 30.0. The molecule has 2 atom stereocenters. The standard InChI is InChI=1S/C33H47FO4/c1-3-5-7-8-9-13-26-14-10-11-15-27(26)16-12-24-36-29-18-20-30(21-19-29)38-33(35)28-17-22-32(31(34)25-28)37-23-6-4-2/h17-22,25-27H,3-16,23-24H2,1-2H3. The van der Waals surface area contributed by atoms with Gasteiger partial charge in [-0.3, -0.25) is 0 Å². The summed E-state index contributed by atoms with van der Waals surface area (Å²) in [4.78, 5) is 12.5. The lowest BCUT2D eigenvalue weighted by Gasteiger charge is -2.31. The molecule has 0 aliphatic heterocycles. The zero-order chi connectivity index (χ0) is 27.0. The van der Waals surface area contributed by atoms with E-state index in [1.165, 1.54) is 82.8 Å². The van der Waals surface area contributed by atoms with Crippen LogP contribution in [0, 0.1) is 17.7 Å². The molecule has 1 aliphatic carbocycles. The Kier molecular flexibility index (Phi) is 13.5. The highest BCUT2D eigenvalue weighted by Crippen LogP contribution is 2.36. The van der Waals surface area contributed by atoms with E-state index in [1.54, 1.807) is 12.1 Å². The number of esters is 1. The van der Waals surface area contributed by atoms with Gasteiger partial charge in [-0.2, -0.15) is 0 Å². The molecule has 0 radical (unpaired) electrons. The van der Waals surface area contributed by atoms with Crippen LogP contribution in [0.25, 0.3) is 0 Å². The minimum atomic E-state index is -0.606. The number of unbranched alkanes of at least 4 members (excludes halogenated alkanes) is 5. The molecule has 0 heterocycles. The zero-order valence-electron chi connectivity index (χ0n) is 23.5. The highest BCUT2D eigenvalue weighted by atomic mass is 19.1. The minimum absolute atomic E-state index is 0.146. The molecule has 0 spiro atoms. The first-order valence-electron chi connectivity index (χ1n) is 15.0. The summed E-state index contributed by atoms with van der Waals surface area (Å²) < 4.78 is 31.1. The minimum Gasteiger partial charge on any atom is -0.494 e. The lowest BCUT2D eigenvalue weighted by molar-refractivity contribution is 0.0734. The first-order chi connectivity index (χ1) is 18.6. The van der Waals surface area contributed by atoms with E-state index in [4.69, 9.17) is 14.2 Å². The number of ether oxygens (including phenoxy) is 3. The quantitative estimate of drug-likeness (QED) is 0.117. The van der Waals surface area contributed by atoms with Crippen LogP contribution in [0.1, 0.15) is 114 Å². The van der Waals surface area contributed by atoms with Gasteiger partial charge in [0.25, 0.3) is 0 Å². The van der Waals surface area contributed by atoms with Crippen LogP contribution in [-0.4, -0.2) is 19.2 Å². The second-order valence-corrected chi connectivity index (χ2v) is 10.7. The maximum absolute atomic E-state index is 14.3. The molecule has 0 bridgehead atoms. The van der Waals surface area contributed by atoms with E-state index in [0.717, 1.165) is 42.9 Å². The van der Waals surface area contributed by atoms with Gasteiger partial charge in [0.1, 0.15) is 11.5 Å². The topological polar surface area (TPSA) is 44.8 Å². The number of carbonyl (C=O) groups is 1. The van der Waals surface area contributed by atoms with Crippen molar-refractivity contribution in [2.24, 2.45) is 11.8 Å². The van der Waals surface area contributed by atoms with Gasteiger partial charge in [0, 0.05) is 0 Å². The average Bonchev–Trinajstić information content (AvgIpc) is 2.93. The van der Waals surface area contributed by atoms with Crippen molar-refractivity contribution in [3.63, 3.8) is 0 Å². The Balaban J connectivity index is 1.38. The fourth-order valence-corrected chi connectivity index (χ4v) is 5.43. The van der Waals surface area contributed by atoms with Gasteiger partial charge < -0.3 is 14.2 Å². The van der Waals surface area contributed by atoms with Gasteiger partial charge in [0.2, 0.25) is 0 Å². The molecule has 1 aliphatic rings. The summed E-state index contributed by atoms with van der Waals surface area (Å²) in [5.74, 6) is 1.89. The Morgan fingerprint density at radius 2 is 1.39 bits per heavy atom. The monoisotopic (exact) mass is 526 g/mol. The largest absolute Gasteiger partial charge is 0.494 e. The van der Waals surface area contributed by atoms with Crippen molar-refractivity contribution in [2.45, 2.75) is 104 Å². The highest BCUT2D eigenvalue weighted by molar-refractivity contribution is 5.91. The van der Waals surface area contributed by atoms with Crippen LogP contribution in [0.2, 0.25) is 0 Å². The Bertz CT molecular complexity index is 943. The SMILES string of the molecule is CCCCCCCC1CCCCC1CCCOc1ccc(OC(=O)c2ccc(OCCCC)c(F)c2)cc1. The summed E-state index contributed by atoms with van der Waals surface area (Å²) in [5.41, 5.74) is 0.146. The molecular formula is C33H47FO4. The average molecular weight is 527 g/mol. The summed E-state index contributed by atoms with van der Waals surface area (Å²) in [6, 6.07) is 11.2. The van der Waals surface area contributed by atoms with E-state index >= 15 is 0 Å². The summed E-state index contributed by atoms with van der Waals surface area (Å²) in [5, 5.41) is 0. The Hall–Kier alpha value is -2.56. The van der Waals surface area contributed by atoms with E-state index in [2.05, 4.69) is 6.92 Å². The zero-order valence-corrected chi connectivity index (χ0v) is 23.5. The van der Waals surface area contributed by atoms with Crippen LogP contribution in [-0.2, 0) is 0 Å². The fourth-order valence-electron chi connectivity index (χ4n) is 5.43. The van der Waals surface area contributed by atoms with Crippen LogP contribution in [0.15, 0.2) is 42.5 Å². The molecule has 0 aromatic heterocycles. The van der Waals surface area contributed by atoms with Crippen molar-refractivity contribution in [3.05, 3.63) is 53.8 Å². The molecule has 38 heavy (non-hydrogen) atoms. The molecule has 5 heteroatoms. The predicted molar refractivity (Wildman–Crippen MR) is 152 cm³/mol. The number of rotatable bonds is 17. The van der Waals surface area contributed by atoms with Crippen LogP contribution in [0.5, 0.6) is 17.2 Å². The molecule has 4 nitrogen and oxygen atoms in total. The summed E-state index contributed by atoms with van der Waals surface area (Å²) in [7, 11) is 0. The molecule has 0 N–H and O–H groups in total. The van der Waals surface area contributed by atoms with E-state index in [9.17, 15) is 9.18 Å². The summed E-state index contributed by atoms with van der Waals surface area (Å²) in [6.45, 7) is 5.47. The first-order valence-corrected chi connectivity index (χ1v) is 15.0. The number of hydrogen-bond acceptors (Lipinski definition) is 4. The summed E-state index contributed by atoms with van der Waals surface area (Å²) in [6.07, 6.45) is 17.9. The van der Waals surface area contributed by atoms with Gasteiger partial charge in [-0.1, -0.05) is 84.5 Å². The molecule has 0 saturated heterocycles. The third kappa shape index (κ3) is 10.3. The van der Waals surface area contributed by atoms with Crippen molar-refractivity contribution < 1.29 is 23.4 Å². The van der Waals surface area contributed by atoms with Crippen LogP contribution >= 0.6 is 0 Å². The number of carbonyl (C=O) groups excluding carboxylic acids is 1. The molecule has 1 fully saturated rings. The molecule has 210 valence electrons. The Morgan fingerprint density at radius 3 is 2.08 bits per heavy atom. The lowest BCUT2D eigenvalue weighted by atomic mass is 9.74. The third-order valence-corrected chi connectivity index (χ3v) is 7.69. The van der Waals surface area contributed by atoms with Gasteiger partial charge in [-0.15, -0.1) is 0 Å². The van der Waals surface area contributed by atoms with E-state index in [-0.39, 0.29) is 11.3 Å². The van der Waals surface area contributed by atoms with Crippen molar-refractivity contribution in [2.75, 3.05) is 13.2 Å². The van der Waals surface area contributed by atoms with Crippen LogP contribution in [0.3, 0.4) is 0 Å². The van der Waals surface area contributed by atoms with Crippen molar-refractivity contribution in [1.82, 2.24) is 0 Å². The fraction of sp³-hybridized carbons (Fsp3) is 0.606. The lowest BCUT2D eigenvalue weighted by Crippen LogP contribution is -2.20. The number of benzene rings is 2. The Morgan fingerprint density at radius 1 is 0.763 bits per heavy atom. The van der Waals surface area contributed by atoms with E-state index in [0.29, 0.717) is 19.0 Å². The maximum Gasteiger partial charge on any atom is 0.343 e. The molecular weight excluding hydrogens is 479 g/mol. The normalized spacial score (nSPS) is 17.2. The van der Waals surface area contributed by atoms with Gasteiger partial charge in [-0.05, 0) is 73.6 Å². The molecule has 0 amide bonds. The van der Waals surface area contributed by atoms with Crippen LogP contribution < -0.4 is 14.2 Å². The van der Waals surface area contributed by atoms with Gasteiger partial charge >= 0.3 is 5.97 Å². The number of hydrogen-bond donors (Lipinski definition) is 0. The van der Waals surface area contributed by atoms with Gasteiger partial charge in [0.05, 0.1) is 18.8 Å². The van der Waals surface area contributed by atoms with E-state index < -0.39 is 11.8 Å². The molecule has 1 saturated carbocycles. The van der Waals surface area contributed by atoms with Crippen LogP contribution in [0.4, 0.5) is 4.39 Å².